The van der Waals surface area contributed by atoms with Gasteiger partial charge in [0.25, 0.3) is 5.69 Å². The van der Waals surface area contributed by atoms with E-state index in [9.17, 15) is 10.1 Å². The minimum absolute atomic E-state index is 0.105. The van der Waals surface area contributed by atoms with Crippen LogP contribution in [0.3, 0.4) is 0 Å². The van der Waals surface area contributed by atoms with E-state index < -0.39 is 4.92 Å². The van der Waals surface area contributed by atoms with Gasteiger partial charge in [-0.2, -0.15) is 5.26 Å². The average molecular weight is 247 g/mol. The lowest BCUT2D eigenvalue weighted by Crippen LogP contribution is -2.28. The van der Waals surface area contributed by atoms with E-state index in [2.05, 4.69) is 13.8 Å². The molecule has 1 unspecified atom stereocenters. The zero-order valence-electron chi connectivity index (χ0n) is 10.9. The van der Waals surface area contributed by atoms with Gasteiger partial charge in [-0.25, -0.2) is 0 Å². The van der Waals surface area contributed by atoms with Crippen LogP contribution in [0.4, 0.5) is 11.4 Å². The molecule has 5 nitrogen and oxygen atoms in total. The van der Waals surface area contributed by atoms with Gasteiger partial charge in [0.05, 0.1) is 4.92 Å². The first kappa shape index (κ1) is 14.0. The molecule has 0 saturated carbocycles. The molecule has 18 heavy (non-hydrogen) atoms. The number of benzene rings is 1. The molecule has 0 amide bonds. The van der Waals surface area contributed by atoms with Crippen molar-refractivity contribution in [1.29, 1.82) is 5.26 Å². The van der Waals surface area contributed by atoms with Crippen LogP contribution in [-0.2, 0) is 0 Å². The summed E-state index contributed by atoms with van der Waals surface area (Å²) in [4.78, 5) is 12.2. The molecule has 0 aromatic heterocycles. The highest BCUT2D eigenvalue weighted by atomic mass is 16.6. The van der Waals surface area contributed by atoms with Gasteiger partial charge in [0.2, 0.25) is 0 Å². The van der Waals surface area contributed by atoms with Gasteiger partial charge in [0.1, 0.15) is 11.6 Å². The topological polar surface area (TPSA) is 70.2 Å². The molecule has 5 heteroatoms. The van der Waals surface area contributed by atoms with E-state index in [0.29, 0.717) is 6.04 Å². The number of rotatable bonds is 5. The van der Waals surface area contributed by atoms with Crippen LogP contribution in [0.15, 0.2) is 18.2 Å². The van der Waals surface area contributed by atoms with E-state index in [1.165, 1.54) is 6.07 Å². The van der Waals surface area contributed by atoms with Gasteiger partial charge in [0.15, 0.2) is 0 Å². The molecule has 0 N–H and O–H groups in total. The molecule has 0 aliphatic carbocycles. The van der Waals surface area contributed by atoms with Crippen molar-refractivity contribution in [2.24, 2.45) is 0 Å². The summed E-state index contributed by atoms with van der Waals surface area (Å²) in [6, 6.07) is 6.86. The Bertz CT molecular complexity index is 480. The number of nitrogens with zero attached hydrogens (tertiary/aromatic N) is 3. The van der Waals surface area contributed by atoms with Crippen molar-refractivity contribution >= 4 is 11.4 Å². The first-order chi connectivity index (χ1) is 8.51. The second-order valence-electron chi connectivity index (χ2n) is 4.32. The Morgan fingerprint density at radius 1 is 1.56 bits per heavy atom. The first-order valence-corrected chi connectivity index (χ1v) is 5.92. The number of nitro groups is 1. The van der Waals surface area contributed by atoms with E-state index in [1.807, 2.05) is 18.0 Å². The number of nitro benzene ring substituents is 1. The fourth-order valence-corrected chi connectivity index (χ4v) is 1.86. The summed E-state index contributed by atoms with van der Waals surface area (Å²) in [5.41, 5.74) is 0.795. The predicted molar refractivity (Wildman–Crippen MR) is 70.6 cm³/mol. The second kappa shape index (κ2) is 6.01. The Balaban J connectivity index is 3.06. The maximum absolute atomic E-state index is 10.7. The Kier molecular flexibility index (Phi) is 4.67. The summed E-state index contributed by atoms with van der Waals surface area (Å²) >= 11 is 0. The largest absolute Gasteiger partial charge is 0.372 e. The Morgan fingerprint density at radius 3 is 2.72 bits per heavy atom. The van der Waals surface area contributed by atoms with Crippen LogP contribution in [0.25, 0.3) is 0 Å². The van der Waals surface area contributed by atoms with Crippen LogP contribution < -0.4 is 4.90 Å². The monoisotopic (exact) mass is 247 g/mol. The van der Waals surface area contributed by atoms with Gasteiger partial charge in [-0.15, -0.1) is 0 Å². The van der Waals surface area contributed by atoms with E-state index in [-0.39, 0.29) is 11.3 Å². The number of hydrogen-bond donors (Lipinski definition) is 0. The highest BCUT2D eigenvalue weighted by Gasteiger charge is 2.16. The zero-order chi connectivity index (χ0) is 13.7. The minimum atomic E-state index is -0.530. The molecule has 1 rings (SSSR count). The lowest BCUT2D eigenvalue weighted by atomic mass is 10.1. The molecule has 0 saturated heterocycles. The van der Waals surface area contributed by atoms with Crippen molar-refractivity contribution in [1.82, 2.24) is 0 Å². The SMILES string of the molecule is CCCC(C)N(C)c1ccc([N+](=O)[O-])c(C#N)c1. The van der Waals surface area contributed by atoms with Gasteiger partial charge in [-0.3, -0.25) is 10.1 Å². The molecule has 0 aliphatic rings. The van der Waals surface area contributed by atoms with E-state index in [4.69, 9.17) is 5.26 Å². The van der Waals surface area contributed by atoms with Gasteiger partial charge in [-0.05, 0) is 25.5 Å². The molecular formula is C13H17N3O2. The Labute approximate surface area is 107 Å². The normalized spacial score (nSPS) is 11.7. The quantitative estimate of drug-likeness (QED) is 0.592. The molecule has 1 aromatic carbocycles. The van der Waals surface area contributed by atoms with Gasteiger partial charge >= 0.3 is 0 Å². The van der Waals surface area contributed by atoms with Gasteiger partial charge in [0, 0.05) is 24.8 Å². The molecule has 0 radical (unpaired) electrons. The summed E-state index contributed by atoms with van der Waals surface area (Å²) in [6.45, 7) is 4.21. The lowest BCUT2D eigenvalue weighted by molar-refractivity contribution is -0.385. The second-order valence-corrected chi connectivity index (χ2v) is 4.32. The third-order valence-electron chi connectivity index (χ3n) is 3.07. The van der Waals surface area contributed by atoms with Crippen LogP contribution in [-0.4, -0.2) is 18.0 Å². The van der Waals surface area contributed by atoms with E-state index >= 15 is 0 Å². The van der Waals surface area contributed by atoms with Crippen molar-refractivity contribution < 1.29 is 4.92 Å². The standard InChI is InChI=1S/C13H17N3O2/c1-4-5-10(2)15(3)12-6-7-13(16(17)18)11(8-12)9-14/h6-8,10H,4-5H2,1-3H3. The van der Waals surface area contributed by atoms with Crippen molar-refractivity contribution in [3.63, 3.8) is 0 Å². The fraction of sp³-hybridized carbons (Fsp3) is 0.462. The smallest absolute Gasteiger partial charge is 0.287 e. The Hall–Kier alpha value is -2.09. The Morgan fingerprint density at radius 2 is 2.22 bits per heavy atom. The maximum atomic E-state index is 10.7. The third-order valence-corrected chi connectivity index (χ3v) is 3.07. The van der Waals surface area contributed by atoms with E-state index in [1.54, 1.807) is 12.1 Å². The molecule has 96 valence electrons. The third kappa shape index (κ3) is 2.98. The summed E-state index contributed by atoms with van der Waals surface area (Å²) in [5.74, 6) is 0. The van der Waals surface area contributed by atoms with Gasteiger partial charge in [-0.1, -0.05) is 13.3 Å². The van der Waals surface area contributed by atoms with Crippen molar-refractivity contribution in [2.75, 3.05) is 11.9 Å². The molecule has 0 spiro atoms. The van der Waals surface area contributed by atoms with Gasteiger partial charge < -0.3 is 4.90 Å². The number of anilines is 1. The van der Waals surface area contributed by atoms with Crippen molar-refractivity contribution in [3.8, 4) is 6.07 Å². The molecule has 1 aromatic rings. The first-order valence-electron chi connectivity index (χ1n) is 5.92. The summed E-state index contributed by atoms with van der Waals surface area (Å²) in [6.07, 6.45) is 2.11. The van der Waals surface area contributed by atoms with E-state index in [0.717, 1.165) is 18.5 Å². The highest BCUT2D eigenvalue weighted by molar-refractivity contribution is 5.59. The van der Waals surface area contributed by atoms with Crippen LogP contribution in [0.1, 0.15) is 32.3 Å². The van der Waals surface area contributed by atoms with Crippen LogP contribution in [0, 0.1) is 21.4 Å². The molecule has 0 bridgehead atoms. The average Bonchev–Trinajstić information content (AvgIpc) is 2.37. The molecule has 0 heterocycles. The number of hydrogen-bond acceptors (Lipinski definition) is 4. The molecule has 1 atom stereocenters. The summed E-state index contributed by atoms with van der Waals surface area (Å²) in [5, 5.41) is 19.7. The summed E-state index contributed by atoms with van der Waals surface area (Å²) < 4.78 is 0. The van der Waals surface area contributed by atoms with Crippen molar-refractivity contribution in [3.05, 3.63) is 33.9 Å². The molecular weight excluding hydrogens is 230 g/mol. The molecule has 0 fully saturated rings. The lowest BCUT2D eigenvalue weighted by Gasteiger charge is -2.26. The van der Waals surface area contributed by atoms with Crippen molar-refractivity contribution in [2.45, 2.75) is 32.7 Å². The summed E-state index contributed by atoms with van der Waals surface area (Å²) in [7, 11) is 1.93. The van der Waals surface area contributed by atoms with Crippen LogP contribution in [0.5, 0.6) is 0 Å². The molecule has 0 aliphatic heterocycles. The zero-order valence-corrected chi connectivity index (χ0v) is 10.9. The fourth-order valence-electron chi connectivity index (χ4n) is 1.86. The maximum Gasteiger partial charge on any atom is 0.287 e. The minimum Gasteiger partial charge on any atom is -0.372 e. The highest BCUT2D eigenvalue weighted by Crippen LogP contribution is 2.25. The predicted octanol–water partition coefficient (Wildman–Crippen LogP) is 3.09. The van der Waals surface area contributed by atoms with Crippen LogP contribution >= 0.6 is 0 Å². The number of nitriles is 1. The van der Waals surface area contributed by atoms with Crippen LogP contribution in [0.2, 0.25) is 0 Å².